The number of rotatable bonds is 5. The van der Waals surface area contributed by atoms with E-state index in [1.54, 1.807) is 17.4 Å². The first-order valence-electron chi connectivity index (χ1n) is 6.44. The molecule has 0 atom stereocenters. The summed E-state index contributed by atoms with van der Waals surface area (Å²) in [6, 6.07) is 7.04. The molecule has 23 heavy (non-hydrogen) atoms. The molecule has 0 fully saturated rings. The number of aromatic nitrogens is 1. The Hall–Kier alpha value is -1.97. The summed E-state index contributed by atoms with van der Waals surface area (Å²) in [5.41, 5.74) is 0.824. The van der Waals surface area contributed by atoms with E-state index in [0.717, 1.165) is 10.6 Å². The van der Waals surface area contributed by atoms with Crippen LogP contribution in [-0.2, 0) is 4.79 Å². The van der Waals surface area contributed by atoms with Crippen molar-refractivity contribution < 1.29 is 14.0 Å². The van der Waals surface area contributed by atoms with Gasteiger partial charge in [-0.1, -0.05) is 6.07 Å². The summed E-state index contributed by atoms with van der Waals surface area (Å²) >= 11 is 6.03. The average molecular weight is 412 g/mol. The quantitative estimate of drug-likeness (QED) is 0.671. The van der Waals surface area contributed by atoms with Crippen molar-refractivity contribution >= 4 is 55.5 Å². The third-order valence-corrected chi connectivity index (χ3v) is 4.81. The Morgan fingerprint density at radius 2 is 2.13 bits per heavy atom. The molecule has 3 rings (SSSR count). The fraction of sp³-hybridized carbons (Fsp3) is 0.0714. The average Bonchev–Trinajstić information content (AvgIpc) is 3.25. The van der Waals surface area contributed by atoms with Crippen molar-refractivity contribution in [2.45, 2.75) is 0 Å². The van der Waals surface area contributed by atoms with Gasteiger partial charge in [-0.2, -0.15) is 0 Å². The van der Waals surface area contributed by atoms with E-state index in [1.807, 2.05) is 22.9 Å². The van der Waals surface area contributed by atoms with E-state index >= 15 is 0 Å². The Labute approximate surface area is 147 Å². The van der Waals surface area contributed by atoms with Crippen LogP contribution >= 0.6 is 38.6 Å². The smallest absolute Gasteiger partial charge is 0.287 e. The van der Waals surface area contributed by atoms with Crippen LogP contribution in [0.15, 0.2) is 44.1 Å². The van der Waals surface area contributed by atoms with Crippen molar-refractivity contribution in [3.8, 4) is 10.6 Å². The number of anilines is 1. The third kappa shape index (κ3) is 4.06. The highest BCUT2D eigenvalue weighted by molar-refractivity contribution is 9.10. The molecule has 3 aromatic heterocycles. The van der Waals surface area contributed by atoms with E-state index in [9.17, 15) is 9.59 Å². The summed E-state index contributed by atoms with van der Waals surface area (Å²) in [6.07, 6.45) is 0. The number of thiophene rings is 1. The van der Waals surface area contributed by atoms with Gasteiger partial charge in [-0.3, -0.25) is 9.59 Å². The lowest BCUT2D eigenvalue weighted by Gasteiger charge is -2.03. The lowest BCUT2D eigenvalue weighted by Crippen LogP contribution is -2.32. The van der Waals surface area contributed by atoms with Crippen molar-refractivity contribution in [1.29, 1.82) is 0 Å². The molecule has 0 saturated heterocycles. The van der Waals surface area contributed by atoms with Crippen LogP contribution in [0.5, 0.6) is 0 Å². The number of amides is 2. The highest BCUT2D eigenvalue weighted by atomic mass is 79.9. The molecule has 0 saturated carbocycles. The van der Waals surface area contributed by atoms with Crippen LogP contribution in [0, 0.1) is 0 Å². The van der Waals surface area contributed by atoms with Gasteiger partial charge in [0.25, 0.3) is 5.91 Å². The van der Waals surface area contributed by atoms with Gasteiger partial charge in [-0.25, -0.2) is 4.98 Å². The molecule has 0 aliphatic carbocycles. The number of nitrogens with zero attached hydrogens (tertiary/aromatic N) is 1. The monoisotopic (exact) mass is 411 g/mol. The van der Waals surface area contributed by atoms with Gasteiger partial charge in [-0.05, 0) is 39.5 Å². The van der Waals surface area contributed by atoms with E-state index in [-0.39, 0.29) is 18.2 Å². The zero-order chi connectivity index (χ0) is 16.2. The molecule has 0 radical (unpaired) electrons. The molecule has 2 amide bonds. The first-order chi connectivity index (χ1) is 11.1. The molecule has 6 nitrogen and oxygen atoms in total. The van der Waals surface area contributed by atoms with Gasteiger partial charge in [0.15, 0.2) is 15.6 Å². The first kappa shape index (κ1) is 15.9. The van der Waals surface area contributed by atoms with Gasteiger partial charge in [0.05, 0.1) is 17.1 Å². The molecule has 0 spiro atoms. The first-order valence-corrected chi connectivity index (χ1v) is 9.00. The third-order valence-electron chi connectivity index (χ3n) is 2.73. The fourth-order valence-corrected chi connectivity index (χ4v) is 3.51. The lowest BCUT2D eigenvalue weighted by atomic mass is 10.4. The Balaban J connectivity index is 1.52. The molecule has 3 aromatic rings. The molecule has 0 aromatic carbocycles. The minimum atomic E-state index is -0.454. The number of carbonyl (C=O) groups excluding carboxylic acids is 2. The number of halogens is 1. The molecule has 0 unspecified atom stereocenters. The van der Waals surface area contributed by atoms with Gasteiger partial charge >= 0.3 is 0 Å². The van der Waals surface area contributed by atoms with Crippen LogP contribution in [0.3, 0.4) is 0 Å². The SMILES string of the molecule is O=C(CNC(=O)c1ccc(Br)o1)Nc1nc(-c2cccs2)cs1. The number of furan rings is 1. The predicted molar refractivity (Wildman–Crippen MR) is 92.8 cm³/mol. The van der Waals surface area contributed by atoms with E-state index < -0.39 is 5.91 Å². The largest absolute Gasteiger partial charge is 0.444 e. The van der Waals surface area contributed by atoms with Gasteiger partial charge in [0.1, 0.15) is 0 Å². The Kier molecular flexibility index (Phi) is 4.89. The maximum atomic E-state index is 11.9. The number of hydrogen-bond donors (Lipinski definition) is 2. The molecule has 0 aliphatic rings. The Morgan fingerprint density at radius 3 is 2.83 bits per heavy atom. The molecule has 9 heteroatoms. The Bertz CT molecular complexity index is 826. The van der Waals surface area contributed by atoms with Crippen molar-refractivity contribution in [2.24, 2.45) is 0 Å². The minimum absolute atomic E-state index is 0.138. The molecule has 0 aliphatic heterocycles. The predicted octanol–water partition coefficient (Wildman–Crippen LogP) is 3.60. The zero-order valence-electron chi connectivity index (χ0n) is 11.5. The normalized spacial score (nSPS) is 10.5. The van der Waals surface area contributed by atoms with Crippen molar-refractivity contribution in [1.82, 2.24) is 10.3 Å². The molecule has 2 N–H and O–H groups in total. The second-order valence-corrected chi connectivity index (χ2v) is 6.94. The summed E-state index contributed by atoms with van der Waals surface area (Å²) in [6.45, 7) is -0.162. The lowest BCUT2D eigenvalue weighted by molar-refractivity contribution is -0.115. The highest BCUT2D eigenvalue weighted by Gasteiger charge is 2.13. The molecule has 3 heterocycles. The maximum absolute atomic E-state index is 11.9. The maximum Gasteiger partial charge on any atom is 0.287 e. The van der Waals surface area contributed by atoms with Crippen molar-refractivity contribution in [2.75, 3.05) is 11.9 Å². The number of hydrogen-bond acceptors (Lipinski definition) is 6. The van der Waals surface area contributed by atoms with E-state index in [2.05, 4.69) is 31.5 Å². The van der Waals surface area contributed by atoms with Crippen LogP contribution in [0.1, 0.15) is 10.6 Å². The summed E-state index contributed by atoms with van der Waals surface area (Å²) < 4.78 is 5.56. The van der Waals surface area contributed by atoms with E-state index in [0.29, 0.717) is 9.80 Å². The van der Waals surface area contributed by atoms with Gasteiger partial charge in [0, 0.05) is 5.38 Å². The highest BCUT2D eigenvalue weighted by Crippen LogP contribution is 2.28. The minimum Gasteiger partial charge on any atom is -0.444 e. The summed E-state index contributed by atoms with van der Waals surface area (Å²) in [5.74, 6) is -0.667. The molecule has 0 bridgehead atoms. The number of thiazole rings is 1. The van der Waals surface area contributed by atoms with E-state index in [4.69, 9.17) is 4.42 Å². The summed E-state index contributed by atoms with van der Waals surface area (Å²) in [5, 5.41) is 9.47. The van der Waals surface area contributed by atoms with Gasteiger partial charge in [0.2, 0.25) is 5.91 Å². The van der Waals surface area contributed by atoms with E-state index in [1.165, 1.54) is 17.4 Å². The summed E-state index contributed by atoms with van der Waals surface area (Å²) in [4.78, 5) is 29.0. The van der Waals surface area contributed by atoms with Crippen molar-refractivity contribution in [3.05, 3.63) is 45.5 Å². The zero-order valence-corrected chi connectivity index (χ0v) is 14.8. The topological polar surface area (TPSA) is 84.2 Å². The van der Waals surface area contributed by atoms with Crippen LogP contribution in [0.2, 0.25) is 0 Å². The van der Waals surface area contributed by atoms with Crippen LogP contribution in [0.4, 0.5) is 5.13 Å². The second-order valence-electron chi connectivity index (χ2n) is 4.35. The number of carbonyl (C=O) groups is 2. The Morgan fingerprint density at radius 1 is 1.26 bits per heavy atom. The van der Waals surface area contributed by atoms with Crippen LogP contribution < -0.4 is 10.6 Å². The van der Waals surface area contributed by atoms with Crippen LogP contribution in [-0.4, -0.2) is 23.3 Å². The summed E-state index contributed by atoms with van der Waals surface area (Å²) in [7, 11) is 0. The molecule has 118 valence electrons. The standard InChI is InChI=1S/C14H10BrN3O3S2/c15-11-4-3-9(21-11)13(20)16-6-12(19)18-14-17-8(7-23-14)10-2-1-5-22-10/h1-5,7H,6H2,(H,16,20)(H,17,18,19). The van der Waals surface area contributed by atoms with Crippen LogP contribution in [0.25, 0.3) is 10.6 Å². The molecular formula is C14H10BrN3O3S2. The second kappa shape index (κ2) is 7.07. The van der Waals surface area contributed by atoms with Gasteiger partial charge < -0.3 is 15.1 Å². The number of nitrogens with one attached hydrogen (secondary N) is 2. The van der Waals surface area contributed by atoms with Crippen molar-refractivity contribution in [3.63, 3.8) is 0 Å². The van der Waals surface area contributed by atoms with Gasteiger partial charge in [-0.15, -0.1) is 22.7 Å². The molecular weight excluding hydrogens is 402 g/mol. The fourth-order valence-electron chi connectivity index (χ4n) is 1.72.